The molecule has 4 aliphatic heterocycles. The van der Waals surface area contributed by atoms with E-state index in [1.165, 1.54) is 104 Å². The maximum absolute atomic E-state index is 7.00. The third-order valence-corrected chi connectivity index (χ3v) is 18.8. The van der Waals surface area contributed by atoms with E-state index in [9.17, 15) is 0 Å². The zero-order chi connectivity index (χ0) is 36.7. The van der Waals surface area contributed by atoms with Gasteiger partial charge in [-0.05, 0) is 83.9 Å². The molecule has 0 fully saturated rings. The fourth-order valence-electron chi connectivity index (χ4n) is 11.9. The second-order valence-electron chi connectivity index (χ2n) is 16.3. The van der Waals surface area contributed by atoms with Crippen molar-refractivity contribution in [2.75, 3.05) is 4.90 Å². The lowest BCUT2D eigenvalue weighted by Gasteiger charge is -2.48. The molecule has 57 heavy (non-hydrogen) atoms. The molecular formula is C52H29BN2OSi. The van der Waals surface area contributed by atoms with Gasteiger partial charge in [-0.3, -0.25) is 0 Å². The average molecular weight is 737 g/mol. The van der Waals surface area contributed by atoms with E-state index in [1.54, 1.807) is 0 Å². The minimum atomic E-state index is -2.78. The minimum Gasteiger partial charge on any atom is -0.455 e. The molecular weight excluding hydrogens is 707 g/mol. The van der Waals surface area contributed by atoms with Crippen LogP contribution in [0.2, 0.25) is 0 Å². The van der Waals surface area contributed by atoms with E-state index >= 15 is 0 Å². The van der Waals surface area contributed by atoms with Crippen molar-refractivity contribution in [3.05, 3.63) is 176 Å². The molecule has 0 saturated heterocycles. The van der Waals surface area contributed by atoms with Gasteiger partial charge in [-0.25, -0.2) is 0 Å². The Labute approximate surface area is 328 Å². The van der Waals surface area contributed by atoms with Gasteiger partial charge < -0.3 is 13.8 Å². The Kier molecular flexibility index (Phi) is 5.04. The quantitative estimate of drug-likeness (QED) is 0.145. The van der Waals surface area contributed by atoms with Gasteiger partial charge >= 0.3 is 6.85 Å². The van der Waals surface area contributed by atoms with Crippen molar-refractivity contribution in [3.8, 4) is 22.3 Å². The number of aromatic nitrogens is 1. The highest BCUT2D eigenvalue weighted by Gasteiger charge is 2.57. The highest BCUT2D eigenvalue weighted by atomic mass is 28.3. The van der Waals surface area contributed by atoms with E-state index in [-0.39, 0.29) is 6.85 Å². The molecule has 15 rings (SSSR count). The maximum Gasteiger partial charge on any atom is 0.333 e. The smallest absolute Gasteiger partial charge is 0.333 e. The van der Waals surface area contributed by atoms with Crippen molar-refractivity contribution in [3.63, 3.8) is 0 Å². The number of rotatable bonds is 0. The SMILES string of the molecule is c1ccc2c(c1)-c1ccccc1[Si]21c2ccccc2N2c3cc4c(oc5ccccc54)c4c3B(c3cccc1c32)n1c2cc3ccccc3cc2c2cccc-4c21. The van der Waals surface area contributed by atoms with Gasteiger partial charge in [-0.15, -0.1) is 0 Å². The van der Waals surface area contributed by atoms with E-state index < -0.39 is 8.07 Å². The second kappa shape index (κ2) is 9.83. The van der Waals surface area contributed by atoms with Crippen LogP contribution in [0.3, 0.4) is 0 Å². The van der Waals surface area contributed by atoms with E-state index in [4.69, 9.17) is 4.42 Å². The molecule has 0 amide bonds. The lowest BCUT2D eigenvalue weighted by Crippen LogP contribution is -2.77. The average Bonchev–Trinajstić information content (AvgIpc) is 3.90. The van der Waals surface area contributed by atoms with Gasteiger partial charge in [0.1, 0.15) is 11.2 Å². The molecule has 0 aliphatic carbocycles. The molecule has 0 radical (unpaired) electrons. The number of hydrogen-bond donors (Lipinski definition) is 0. The molecule has 4 aliphatic rings. The number of furan rings is 1. The van der Waals surface area contributed by atoms with E-state index in [2.05, 4.69) is 185 Å². The van der Waals surface area contributed by atoms with Gasteiger partial charge in [-0.1, -0.05) is 146 Å². The van der Waals surface area contributed by atoms with E-state index in [0.29, 0.717) is 0 Å². The summed E-state index contributed by atoms with van der Waals surface area (Å²) >= 11 is 0. The molecule has 0 unspecified atom stereocenters. The number of para-hydroxylation sites is 4. The van der Waals surface area contributed by atoms with Crippen LogP contribution in [0.15, 0.2) is 180 Å². The largest absolute Gasteiger partial charge is 0.455 e. The number of benzene rings is 9. The minimum absolute atomic E-state index is 0.0712. The van der Waals surface area contributed by atoms with Crippen LogP contribution in [-0.4, -0.2) is 19.4 Å². The van der Waals surface area contributed by atoms with Crippen molar-refractivity contribution in [2.24, 2.45) is 0 Å². The van der Waals surface area contributed by atoms with Crippen LogP contribution in [0.4, 0.5) is 17.1 Å². The summed E-state index contributed by atoms with van der Waals surface area (Å²) in [5.41, 5.74) is 16.2. The molecule has 11 aromatic rings. The summed E-state index contributed by atoms with van der Waals surface area (Å²) in [5.74, 6) is 0. The molecule has 0 bridgehead atoms. The zero-order valence-electron chi connectivity index (χ0n) is 30.6. The van der Waals surface area contributed by atoms with Crippen LogP contribution in [0.5, 0.6) is 0 Å². The Morgan fingerprint density at radius 2 is 1.12 bits per heavy atom. The van der Waals surface area contributed by atoms with Crippen LogP contribution in [0.1, 0.15) is 0 Å². The third-order valence-electron chi connectivity index (χ3n) is 13.9. The summed E-state index contributed by atoms with van der Waals surface area (Å²) in [7, 11) is -2.78. The highest BCUT2D eigenvalue weighted by molar-refractivity contribution is 7.24. The summed E-state index contributed by atoms with van der Waals surface area (Å²) in [6.45, 7) is -0.0712. The predicted octanol–water partition coefficient (Wildman–Crippen LogP) is 8.94. The second-order valence-corrected chi connectivity index (χ2v) is 19.9. The third kappa shape index (κ3) is 3.18. The van der Waals surface area contributed by atoms with E-state index in [1.807, 2.05) is 0 Å². The summed E-state index contributed by atoms with van der Waals surface area (Å²) < 4.78 is 9.70. The van der Waals surface area contributed by atoms with Crippen LogP contribution in [0.25, 0.3) is 76.8 Å². The fraction of sp³-hybridized carbons (Fsp3) is 0. The molecule has 3 nitrogen and oxygen atoms in total. The van der Waals surface area contributed by atoms with Gasteiger partial charge in [0.05, 0.1) is 0 Å². The Balaban J connectivity index is 1.18. The molecule has 6 heterocycles. The first-order valence-electron chi connectivity index (χ1n) is 20.0. The van der Waals surface area contributed by atoms with Crippen LogP contribution in [-0.2, 0) is 0 Å². The van der Waals surface area contributed by atoms with Crippen molar-refractivity contribution in [1.82, 2.24) is 4.48 Å². The molecule has 0 N–H and O–H groups in total. The zero-order valence-corrected chi connectivity index (χ0v) is 31.6. The normalized spacial score (nSPS) is 14.7. The molecule has 1 spiro atoms. The summed E-state index contributed by atoms with van der Waals surface area (Å²) in [6, 6.07) is 66.8. The Morgan fingerprint density at radius 3 is 1.96 bits per heavy atom. The summed E-state index contributed by atoms with van der Waals surface area (Å²) in [5, 5.41) is 13.3. The molecule has 0 saturated carbocycles. The molecule has 5 heteroatoms. The van der Waals surface area contributed by atoms with Crippen molar-refractivity contribution < 1.29 is 4.42 Å². The van der Waals surface area contributed by atoms with E-state index in [0.717, 1.165) is 21.9 Å². The summed E-state index contributed by atoms with van der Waals surface area (Å²) in [4.78, 5) is 2.66. The highest BCUT2D eigenvalue weighted by Crippen LogP contribution is 2.50. The van der Waals surface area contributed by atoms with Gasteiger partial charge in [0.25, 0.3) is 0 Å². The summed E-state index contributed by atoms with van der Waals surface area (Å²) in [6.07, 6.45) is 0. The first-order chi connectivity index (χ1) is 28.3. The molecule has 2 aromatic heterocycles. The molecule has 0 atom stereocenters. The van der Waals surface area contributed by atoms with Crippen molar-refractivity contribution >= 4 is 118 Å². The van der Waals surface area contributed by atoms with Gasteiger partial charge in [-0.2, -0.15) is 0 Å². The Morgan fingerprint density at radius 1 is 0.474 bits per heavy atom. The fourth-order valence-corrected chi connectivity index (χ4v) is 17.5. The Bertz CT molecular complexity index is 3640. The monoisotopic (exact) mass is 736 g/mol. The topological polar surface area (TPSA) is 21.3 Å². The lowest BCUT2D eigenvalue weighted by atomic mass is 9.45. The standard InChI is InChI=1S/C52H29BN2OSi/c1-2-14-31-28-41-37(27-30(31)13-1)35-18-11-19-36-48-49-42(29-38-32-15-3-7-22-43(32)56-52(38)48)54-40-21-6-10-25-46(40)57(44-23-8-4-16-33(44)34-17-5-9-24-45(34)57)47-26-12-20-39(51(47)54)53(49)55(41)50(35)36/h1-29H. The van der Waals surface area contributed by atoms with Crippen LogP contribution in [0, 0.1) is 0 Å². The van der Waals surface area contributed by atoms with Crippen LogP contribution < -0.4 is 36.6 Å². The predicted molar refractivity (Wildman–Crippen MR) is 241 cm³/mol. The van der Waals surface area contributed by atoms with Gasteiger partial charge in [0.15, 0.2) is 8.07 Å². The van der Waals surface area contributed by atoms with Crippen molar-refractivity contribution in [2.45, 2.75) is 0 Å². The number of anilines is 3. The van der Waals surface area contributed by atoms with Gasteiger partial charge in [0.2, 0.25) is 0 Å². The first kappa shape index (κ1) is 29.2. The maximum atomic E-state index is 7.00. The van der Waals surface area contributed by atoms with Gasteiger partial charge in [0, 0.05) is 60.8 Å². The van der Waals surface area contributed by atoms with Crippen molar-refractivity contribution in [1.29, 1.82) is 0 Å². The molecule has 260 valence electrons. The first-order valence-corrected chi connectivity index (χ1v) is 22.0. The number of nitrogens with zero attached hydrogens (tertiary/aromatic N) is 2. The van der Waals surface area contributed by atoms with Crippen LogP contribution >= 0.6 is 0 Å². The number of fused-ring (bicyclic) bond motifs is 21. The number of hydrogen-bond acceptors (Lipinski definition) is 2. The molecule has 9 aromatic carbocycles. The Hall–Kier alpha value is -7.08. The lowest BCUT2D eigenvalue weighted by molar-refractivity contribution is 0.670.